The Morgan fingerprint density at radius 1 is 1.59 bits per heavy atom. The van der Waals surface area contributed by atoms with Crippen LogP contribution in [0.5, 0.6) is 0 Å². The van der Waals surface area contributed by atoms with Crippen LogP contribution in [0.4, 0.5) is 0 Å². The van der Waals surface area contributed by atoms with E-state index in [-0.39, 0.29) is 6.04 Å². The molecule has 0 aromatic rings. The van der Waals surface area contributed by atoms with Gasteiger partial charge in [0.05, 0.1) is 17.8 Å². The van der Waals surface area contributed by atoms with Crippen LogP contribution in [0.3, 0.4) is 0 Å². The highest BCUT2D eigenvalue weighted by Gasteiger charge is 2.25. The molecular formula is C14H28N4O3S. The standard InChI is InChI=1S/C14H28N4O3S/c1-6-17(9-13-7-12(3)21-10-13)8-11(2)16(4)14(22-5)15-18(19)20/h11-13H,6-10H2,1-5H3. The van der Waals surface area contributed by atoms with E-state index in [1.165, 1.54) is 11.8 Å². The van der Waals surface area contributed by atoms with Crippen LogP contribution in [0.25, 0.3) is 0 Å². The zero-order chi connectivity index (χ0) is 16.7. The minimum absolute atomic E-state index is 0.158. The number of nitro groups is 1. The van der Waals surface area contributed by atoms with Crippen LogP contribution >= 0.6 is 11.8 Å². The molecule has 7 nitrogen and oxygen atoms in total. The van der Waals surface area contributed by atoms with Gasteiger partial charge in [0.15, 0.2) is 5.03 Å². The maximum atomic E-state index is 10.6. The third-order valence-electron chi connectivity index (χ3n) is 4.08. The number of likely N-dealkylation sites (N-methyl/N-ethyl adjacent to an activating group) is 2. The van der Waals surface area contributed by atoms with E-state index in [2.05, 4.69) is 30.8 Å². The van der Waals surface area contributed by atoms with Crippen molar-refractivity contribution >= 4 is 16.9 Å². The Balaban J connectivity index is 2.55. The summed E-state index contributed by atoms with van der Waals surface area (Å²) in [6, 6.07) is 0.158. The monoisotopic (exact) mass is 332 g/mol. The summed E-state index contributed by atoms with van der Waals surface area (Å²) in [6.45, 7) is 10.0. The van der Waals surface area contributed by atoms with Crippen molar-refractivity contribution in [3.05, 3.63) is 10.1 Å². The Kier molecular flexibility index (Phi) is 8.13. The van der Waals surface area contributed by atoms with Crippen molar-refractivity contribution in [3.63, 3.8) is 0 Å². The average molecular weight is 332 g/mol. The summed E-state index contributed by atoms with van der Waals surface area (Å²) in [5.74, 6) is 0.583. The Labute approximate surface area is 137 Å². The van der Waals surface area contributed by atoms with Crippen LogP contribution in [-0.4, -0.2) is 71.7 Å². The molecular weight excluding hydrogens is 304 g/mol. The zero-order valence-corrected chi connectivity index (χ0v) is 15.0. The van der Waals surface area contributed by atoms with Gasteiger partial charge in [-0.25, -0.2) is 10.1 Å². The molecule has 0 aromatic heterocycles. The first kappa shape index (κ1) is 19.2. The fourth-order valence-corrected chi connectivity index (χ4v) is 3.36. The van der Waals surface area contributed by atoms with Gasteiger partial charge in [-0.2, -0.15) is 0 Å². The molecule has 8 heteroatoms. The van der Waals surface area contributed by atoms with Crippen molar-refractivity contribution in [3.8, 4) is 0 Å². The van der Waals surface area contributed by atoms with Crippen molar-refractivity contribution in [1.29, 1.82) is 0 Å². The summed E-state index contributed by atoms with van der Waals surface area (Å²) in [7, 11) is 1.86. The molecule has 0 aromatic carbocycles. The van der Waals surface area contributed by atoms with Crippen LogP contribution in [0, 0.1) is 16.0 Å². The fourth-order valence-electron chi connectivity index (χ4n) is 2.74. The molecule has 128 valence electrons. The Morgan fingerprint density at radius 3 is 2.73 bits per heavy atom. The predicted molar refractivity (Wildman–Crippen MR) is 90.8 cm³/mol. The molecule has 0 amide bonds. The van der Waals surface area contributed by atoms with Gasteiger partial charge in [-0.1, -0.05) is 18.7 Å². The van der Waals surface area contributed by atoms with Gasteiger partial charge in [-0.15, -0.1) is 0 Å². The number of ether oxygens (including phenoxy) is 1. The van der Waals surface area contributed by atoms with E-state index in [9.17, 15) is 10.1 Å². The summed E-state index contributed by atoms with van der Waals surface area (Å²) in [5, 5.41) is 13.8. The van der Waals surface area contributed by atoms with Crippen molar-refractivity contribution < 1.29 is 9.77 Å². The molecule has 0 spiro atoms. The van der Waals surface area contributed by atoms with Crippen LogP contribution in [-0.2, 0) is 4.74 Å². The lowest BCUT2D eigenvalue weighted by atomic mass is 10.1. The summed E-state index contributed by atoms with van der Waals surface area (Å²) in [5.41, 5.74) is 0. The molecule has 0 bridgehead atoms. The van der Waals surface area contributed by atoms with Crippen molar-refractivity contribution in [2.75, 3.05) is 39.5 Å². The van der Waals surface area contributed by atoms with Crippen molar-refractivity contribution in [2.45, 2.75) is 39.3 Å². The normalized spacial score (nSPS) is 23.8. The first-order valence-corrected chi connectivity index (χ1v) is 8.93. The van der Waals surface area contributed by atoms with Gasteiger partial charge >= 0.3 is 0 Å². The molecule has 0 aliphatic carbocycles. The Bertz CT molecular complexity index is 394. The Hall–Kier alpha value is -0.860. The topological polar surface area (TPSA) is 71.2 Å². The molecule has 0 radical (unpaired) electrons. The minimum Gasteiger partial charge on any atom is -0.378 e. The number of hydrazone groups is 1. The number of thioether (sulfide) groups is 1. The molecule has 0 saturated carbocycles. The number of amidine groups is 1. The van der Waals surface area contributed by atoms with E-state index in [0.29, 0.717) is 17.2 Å². The average Bonchev–Trinajstić information content (AvgIpc) is 2.88. The predicted octanol–water partition coefficient (Wildman–Crippen LogP) is 1.96. The third kappa shape index (κ3) is 6.10. The molecule has 3 atom stereocenters. The summed E-state index contributed by atoms with van der Waals surface area (Å²) >= 11 is 1.30. The molecule has 1 rings (SSSR count). The van der Waals surface area contributed by atoms with E-state index in [4.69, 9.17) is 4.74 Å². The molecule has 1 aliphatic rings. The fraction of sp³-hybridized carbons (Fsp3) is 0.929. The highest BCUT2D eigenvalue weighted by atomic mass is 32.2. The zero-order valence-electron chi connectivity index (χ0n) is 14.2. The van der Waals surface area contributed by atoms with Gasteiger partial charge in [-0.05, 0) is 39.0 Å². The molecule has 0 N–H and O–H groups in total. The number of hydrogen-bond donors (Lipinski definition) is 0. The highest BCUT2D eigenvalue weighted by Crippen LogP contribution is 2.20. The number of rotatable bonds is 7. The van der Waals surface area contributed by atoms with Crippen LogP contribution in [0.1, 0.15) is 27.2 Å². The Morgan fingerprint density at radius 2 is 2.27 bits per heavy atom. The molecule has 1 fully saturated rings. The van der Waals surface area contributed by atoms with Crippen LogP contribution in [0.15, 0.2) is 5.10 Å². The SMILES string of the molecule is CCN(CC1COC(C)C1)CC(C)N(C)C(=N[N+](=O)[O-])SC. The maximum absolute atomic E-state index is 10.6. The van der Waals surface area contributed by atoms with E-state index in [1.807, 2.05) is 11.9 Å². The van der Waals surface area contributed by atoms with Crippen LogP contribution < -0.4 is 0 Å². The first-order chi connectivity index (χ1) is 10.4. The first-order valence-electron chi connectivity index (χ1n) is 7.71. The summed E-state index contributed by atoms with van der Waals surface area (Å²) < 4.78 is 5.63. The minimum atomic E-state index is -0.635. The molecule has 3 unspecified atom stereocenters. The molecule has 1 saturated heterocycles. The van der Waals surface area contributed by atoms with E-state index >= 15 is 0 Å². The number of hydrogen-bond acceptors (Lipinski definition) is 5. The van der Waals surface area contributed by atoms with Gasteiger partial charge in [0, 0.05) is 26.2 Å². The van der Waals surface area contributed by atoms with E-state index in [0.717, 1.165) is 32.7 Å². The molecule has 1 heterocycles. The van der Waals surface area contributed by atoms with Gasteiger partial charge in [0.1, 0.15) is 0 Å². The lowest BCUT2D eigenvalue weighted by molar-refractivity contribution is -0.485. The maximum Gasteiger partial charge on any atom is 0.237 e. The quantitative estimate of drug-likeness (QED) is 0.307. The van der Waals surface area contributed by atoms with E-state index < -0.39 is 5.03 Å². The second kappa shape index (κ2) is 9.32. The van der Waals surface area contributed by atoms with Gasteiger partial charge in [-0.3, -0.25) is 0 Å². The van der Waals surface area contributed by atoms with Crippen LogP contribution in [0.2, 0.25) is 0 Å². The lowest BCUT2D eigenvalue weighted by Crippen LogP contribution is -2.44. The van der Waals surface area contributed by atoms with Crippen molar-refractivity contribution in [2.24, 2.45) is 11.0 Å². The second-order valence-electron chi connectivity index (χ2n) is 5.88. The van der Waals surface area contributed by atoms with E-state index in [1.54, 1.807) is 6.26 Å². The largest absolute Gasteiger partial charge is 0.378 e. The second-order valence-corrected chi connectivity index (χ2v) is 6.66. The summed E-state index contributed by atoms with van der Waals surface area (Å²) in [4.78, 5) is 14.9. The number of nitrogens with zero attached hydrogens (tertiary/aromatic N) is 4. The smallest absolute Gasteiger partial charge is 0.237 e. The lowest BCUT2D eigenvalue weighted by Gasteiger charge is -2.31. The molecule has 22 heavy (non-hydrogen) atoms. The third-order valence-corrected chi connectivity index (χ3v) is 4.82. The van der Waals surface area contributed by atoms with Crippen molar-refractivity contribution in [1.82, 2.24) is 9.80 Å². The van der Waals surface area contributed by atoms with Gasteiger partial charge < -0.3 is 14.5 Å². The van der Waals surface area contributed by atoms with Gasteiger partial charge in [0.2, 0.25) is 5.17 Å². The summed E-state index contributed by atoms with van der Waals surface area (Å²) in [6.07, 6.45) is 3.28. The highest BCUT2D eigenvalue weighted by molar-refractivity contribution is 8.13. The van der Waals surface area contributed by atoms with Gasteiger partial charge in [0.25, 0.3) is 0 Å². The molecule has 1 aliphatic heterocycles.